The standard InChI is InChI=1S/C8H13N3/c9-6-8(1-2-8)5-7-10-3-4-11-7/h3-4H,1-2,5-6,9H2,(H,10,11). The normalized spacial score (nSPS) is 20.1. The van der Waals surface area contributed by atoms with Crippen LogP contribution in [0, 0.1) is 5.41 Å². The fraction of sp³-hybridized carbons (Fsp3) is 0.625. The van der Waals surface area contributed by atoms with Crippen LogP contribution in [0.2, 0.25) is 0 Å². The van der Waals surface area contributed by atoms with Crippen molar-refractivity contribution in [3.05, 3.63) is 18.2 Å². The molecule has 0 radical (unpaired) electrons. The first-order valence-electron chi connectivity index (χ1n) is 4.03. The molecule has 3 N–H and O–H groups in total. The van der Waals surface area contributed by atoms with Crippen molar-refractivity contribution in [2.75, 3.05) is 6.54 Å². The van der Waals surface area contributed by atoms with Gasteiger partial charge in [0.15, 0.2) is 0 Å². The van der Waals surface area contributed by atoms with Gasteiger partial charge in [0.25, 0.3) is 0 Å². The zero-order valence-corrected chi connectivity index (χ0v) is 6.51. The van der Waals surface area contributed by atoms with Gasteiger partial charge in [0.05, 0.1) is 0 Å². The van der Waals surface area contributed by atoms with Crippen molar-refractivity contribution in [3.63, 3.8) is 0 Å². The Morgan fingerprint density at radius 1 is 1.64 bits per heavy atom. The molecule has 0 aliphatic heterocycles. The Morgan fingerprint density at radius 2 is 2.45 bits per heavy atom. The van der Waals surface area contributed by atoms with E-state index in [-0.39, 0.29) is 0 Å². The molecule has 1 heterocycles. The first kappa shape index (κ1) is 6.85. The van der Waals surface area contributed by atoms with Crippen molar-refractivity contribution in [2.45, 2.75) is 19.3 Å². The summed E-state index contributed by atoms with van der Waals surface area (Å²) in [5.41, 5.74) is 6.04. The Kier molecular flexibility index (Phi) is 1.46. The van der Waals surface area contributed by atoms with Gasteiger partial charge in [0.1, 0.15) is 5.82 Å². The Balaban J connectivity index is 2.01. The third-order valence-corrected chi connectivity index (χ3v) is 2.49. The number of nitrogens with two attached hydrogens (primary N) is 1. The second-order valence-electron chi connectivity index (χ2n) is 3.42. The maximum absolute atomic E-state index is 5.64. The Labute approximate surface area is 66.0 Å². The molecule has 0 unspecified atom stereocenters. The van der Waals surface area contributed by atoms with Gasteiger partial charge in [0.2, 0.25) is 0 Å². The fourth-order valence-electron chi connectivity index (χ4n) is 1.38. The average molecular weight is 151 g/mol. The lowest BCUT2D eigenvalue weighted by molar-refractivity contribution is 0.508. The van der Waals surface area contributed by atoms with Gasteiger partial charge < -0.3 is 10.7 Å². The van der Waals surface area contributed by atoms with Gasteiger partial charge in [-0.25, -0.2) is 4.98 Å². The number of nitrogens with zero attached hydrogens (tertiary/aromatic N) is 1. The van der Waals surface area contributed by atoms with Crippen molar-refractivity contribution < 1.29 is 0 Å². The molecule has 0 bridgehead atoms. The lowest BCUT2D eigenvalue weighted by atomic mass is 10.0. The van der Waals surface area contributed by atoms with E-state index in [9.17, 15) is 0 Å². The number of aromatic nitrogens is 2. The van der Waals surface area contributed by atoms with Crippen LogP contribution in [0.15, 0.2) is 12.4 Å². The third kappa shape index (κ3) is 1.28. The Bertz CT molecular complexity index is 223. The van der Waals surface area contributed by atoms with Gasteiger partial charge in [-0.2, -0.15) is 0 Å². The van der Waals surface area contributed by atoms with E-state index < -0.39 is 0 Å². The van der Waals surface area contributed by atoms with E-state index in [4.69, 9.17) is 5.73 Å². The van der Waals surface area contributed by atoms with Crippen LogP contribution < -0.4 is 5.73 Å². The molecule has 0 atom stereocenters. The van der Waals surface area contributed by atoms with Crippen LogP contribution in [0.1, 0.15) is 18.7 Å². The minimum atomic E-state index is 0.401. The van der Waals surface area contributed by atoms with Crippen molar-refractivity contribution in [1.29, 1.82) is 0 Å². The summed E-state index contributed by atoms with van der Waals surface area (Å²) in [6.07, 6.45) is 7.22. The number of hydrogen-bond acceptors (Lipinski definition) is 2. The van der Waals surface area contributed by atoms with Gasteiger partial charge in [0, 0.05) is 18.8 Å². The summed E-state index contributed by atoms with van der Waals surface area (Å²) in [5, 5.41) is 0. The Hall–Kier alpha value is -0.830. The molecule has 1 aromatic heterocycles. The van der Waals surface area contributed by atoms with E-state index in [1.54, 1.807) is 6.20 Å². The molecular formula is C8H13N3. The van der Waals surface area contributed by atoms with E-state index in [1.807, 2.05) is 6.20 Å². The number of imidazole rings is 1. The average Bonchev–Trinajstić information content (AvgIpc) is 2.59. The van der Waals surface area contributed by atoms with Crippen molar-refractivity contribution in [3.8, 4) is 0 Å². The summed E-state index contributed by atoms with van der Waals surface area (Å²) < 4.78 is 0. The van der Waals surface area contributed by atoms with Gasteiger partial charge in [-0.1, -0.05) is 0 Å². The number of nitrogens with one attached hydrogen (secondary N) is 1. The van der Waals surface area contributed by atoms with Crippen molar-refractivity contribution >= 4 is 0 Å². The number of hydrogen-bond donors (Lipinski definition) is 2. The molecule has 1 aromatic rings. The molecule has 1 saturated carbocycles. The highest BCUT2D eigenvalue weighted by Crippen LogP contribution is 2.46. The zero-order chi connectivity index (χ0) is 7.73. The van der Waals surface area contributed by atoms with E-state index in [0.717, 1.165) is 18.8 Å². The van der Waals surface area contributed by atoms with Crippen LogP contribution in [0.5, 0.6) is 0 Å². The molecule has 1 fully saturated rings. The Morgan fingerprint density at radius 3 is 2.91 bits per heavy atom. The third-order valence-electron chi connectivity index (χ3n) is 2.49. The summed E-state index contributed by atoms with van der Waals surface area (Å²) in [7, 11) is 0. The molecule has 11 heavy (non-hydrogen) atoms. The molecule has 3 nitrogen and oxygen atoms in total. The largest absolute Gasteiger partial charge is 0.349 e. The van der Waals surface area contributed by atoms with E-state index in [2.05, 4.69) is 9.97 Å². The van der Waals surface area contributed by atoms with E-state index >= 15 is 0 Å². The van der Waals surface area contributed by atoms with Gasteiger partial charge in [-0.15, -0.1) is 0 Å². The SMILES string of the molecule is NCC1(Cc2ncc[nH]2)CC1. The monoisotopic (exact) mass is 151 g/mol. The summed E-state index contributed by atoms with van der Waals surface area (Å²) in [6, 6.07) is 0. The first-order valence-corrected chi connectivity index (χ1v) is 4.03. The molecule has 2 rings (SSSR count). The quantitative estimate of drug-likeness (QED) is 0.667. The van der Waals surface area contributed by atoms with Crippen LogP contribution in [0.3, 0.4) is 0 Å². The fourth-order valence-corrected chi connectivity index (χ4v) is 1.38. The second kappa shape index (κ2) is 2.34. The molecule has 0 aromatic carbocycles. The van der Waals surface area contributed by atoms with Gasteiger partial charge in [-0.3, -0.25) is 0 Å². The predicted octanol–water partition coefficient (Wildman–Crippen LogP) is 0.691. The molecule has 3 heteroatoms. The van der Waals surface area contributed by atoms with Crippen LogP contribution in [-0.4, -0.2) is 16.5 Å². The predicted molar refractivity (Wildman–Crippen MR) is 43.0 cm³/mol. The van der Waals surface area contributed by atoms with E-state index in [1.165, 1.54) is 12.8 Å². The maximum Gasteiger partial charge on any atom is 0.106 e. The molecule has 0 spiro atoms. The summed E-state index contributed by atoms with van der Waals surface area (Å²) in [5.74, 6) is 1.08. The molecule has 0 saturated heterocycles. The highest BCUT2D eigenvalue weighted by molar-refractivity contribution is 5.02. The van der Waals surface area contributed by atoms with Crippen molar-refractivity contribution in [1.82, 2.24) is 9.97 Å². The summed E-state index contributed by atoms with van der Waals surface area (Å²) >= 11 is 0. The van der Waals surface area contributed by atoms with Crippen molar-refractivity contribution in [2.24, 2.45) is 11.1 Å². The molecular weight excluding hydrogens is 138 g/mol. The van der Waals surface area contributed by atoms with Crippen LogP contribution >= 0.6 is 0 Å². The molecule has 1 aliphatic rings. The minimum Gasteiger partial charge on any atom is -0.349 e. The first-order chi connectivity index (χ1) is 5.35. The molecule has 60 valence electrons. The molecule has 0 amide bonds. The second-order valence-corrected chi connectivity index (χ2v) is 3.42. The minimum absolute atomic E-state index is 0.401. The number of aromatic amines is 1. The van der Waals surface area contributed by atoms with Crippen LogP contribution in [0.25, 0.3) is 0 Å². The topological polar surface area (TPSA) is 54.7 Å². The maximum atomic E-state index is 5.64. The van der Waals surface area contributed by atoms with Crippen LogP contribution in [-0.2, 0) is 6.42 Å². The van der Waals surface area contributed by atoms with Gasteiger partial charge >= 0.3 is 0 Å². The zero-order valence-electron chi connectivity index (χ0n) is 6.51. The smallest absolute Gasteiger partial charge is 0.106 e. The number of rotatable bonds is 3. The van der Waals surface area contributed by atoms with E-state index in [0.29, 0.717) is 5.41 Å². The van der Waals surface area contributed by atoms with Gasteiger partial charge in [-0.05, 0) is 24.8 Å². The lowest BCUT2D eigenvalue weighted by Gasteiger charge is -2.08. The summed E-state index contributed by atoms with van der Waals surface area (Å²) in [6.45, 7) is 0.799. The summed E-state index contributed by atoms with van der Waals surface area (Å²) in [4.78, 5) is 7.28. The number of H-pyrrole nitrogens is 1. The highest BCUT2D eigenvalue weighted by atomic mass is 14.9. The van der Waals surface area contributed by atoms with Crippen LogP contribution in [0.4, 0.5) is 0 Å². The molecule has 1 aliphatic carbocycles. The highest BCUT2D eigenvalue weighted by Gasteiger charge is 2.41. The lowest BCUT2D eigenvalue weighted by Crippen LogP contribution is -2.18.